The molecule has 0 aliphatic carbocycles. The summed E-state index contributed by atoms with van der Waals surface area (Å²) in [6.45, 7) is 3.99. The van der Waals surface area contributed by atoms with Gasteiger partial charge in [0.05, 0.1) is 18.3 Å². The lowest BCUT2D eigenvalue weighted by Crippen LogP contribution is -2.27. The minimum Gasteiger partial charge on any atom is -0.360 e. The van der Waals surface area contributed by atoms with Gasteiger partial charge in [-0.2, -0.15) is 0 Å². The van der Waals surface area contributed by atoms with Gasteiger partial charge in [-0.1, -0.05) is 24.3 Å². The van der Waals surface area contributed by atoms with Crippen molar-refractivity contribution < 1.29 is 9.18 Å². The van der Waals surface area contributed by atoms with Gasteiger partial charge in [0.2, 0.25) is 0 Å². The Morgan fingerprint density at radius 3 is 2.74 bits per heavy atom. The normalized spacial score (nSPS) is 11.6. The molecule has 0 radical (unpaired) electrons. The summed E-state index contributed by atoms with van der Waals surface area (Å²) in [4.78, 5) is 27.0. The van der Waals surface area contributed by atoms with Crippen LogP contribution in [0, 0.1) is 12.7 Å². The minimum atomic E-state index is -0.257. The summed E-state index contributed by atoms with van der Waals surface area (Å²) in [7, 11) is 1.97. The van der Waals surface area contributed by atoms with Crippen LogP contribution in [0.15, 0.2) is 67.1 Å². The van der Waals surface area contributed by atoms with Crippen LogP contribution >= 0.6 is 0 Å². The number of rotatable bonds is 8. The molecule has 0 bridgehead atoms. The third-order valence-electron chi connectivity index (χ3n) is 6.24. The highest BCUT2D eigenvalue weighted by molar-refractivity contribution is 6.09. The molecule has 0 unspecified atom stereocenters. The molecule has 3 aromatic heterocycles. The van der Waals surface area contributed by atoms with Gasteiger partial charge in [-0.25, -0.2) is 9.37 Å². The molecule has 0 atom stereocenters. The van der Waals surface area contributed by atoms with E-state index in [9.17, 15) is 9.18 Å². The van der Waals surface area contributed by atoms with Crippen molar-refractivity contribution in [3.8, 4) is 11.1 Å². The van der Waals surface area contributed by atoms with Crippen LogP contribution in [-0.4, -0.2) is 50.3 Å². The molecule has 34 heavy (non-hydrogen) atoms. The highest BCUT2D eigenvalue weighted by atomic mass is 19.1. The fourth-order valence-electron chi connectivity index (χ4n) is 4.47. The summed E-state index contributed by atoms with van der Waals surface area (Å²) in [5.74, 6) is 0.798. The Morgan fingerprint density at radius 2 is 1.91 bits per heavy atom. The monoisotopic (exact) mass is 455 g/mol. The quantitative estimate of drug-likeness (QED) is 0.325. The van der Waals surface area contributed by atoms with Gasteiger partial charge in [-0.15, -0.1) is 0 Å². The van der Waals surface area contributed by atoms with Gasteiger partial charge in [-0.05, 0) is 55.8 Å². The van der Waals surface area contributed by atoms with Crippen LogP contribution < -0.4 is 0 Å². The average molecular weight is 456 g/mol. The smallest absolute Gasteiger partial charge is 0.178 e. The van der Waals surface area contributed by atoms with Crippen LogP contribution in [-0.2, 0) is 6.54 Å². The molecular weight excluding hydrogens is 429 g/mol. The first kappa shape index (κ1) is 22.0. The molecule has 6 nitrogen and oxygen atoms in total. The molecule has 2 aromatic carbocycles. The number of ketones is 1. The molecule has 0 saturated carbocycles. The number of H-pyrrole nitrogens is 1. The summed E-state index contributed by atoms with van der Waals surface area (Å²) in [6.07, 6.45) is 6.26. The van der Waals surface area contributed by atoms with E-state index in [1.165, 1.54) is 12.1 Å². The number of carbonyl (C=O) groups excluding carboxylic acids is 1. The second-order valence-corrected chi connectivity index (χ2v) is 8.66. The van der Waals surface area contributed by atoms with Crippen LogP contribution in [0.1, 0.15) is 22.6 Å². The number of halogens is 1. The highest BCUT2D eigenvalue weighted by Crippen LogP contribution is 2.26. The van der Waals surface area contributed by atoms with Crippen molar-refractivity contribution in [3.63, 3.8) is 0 Å². The van der Waals surface area contributed by atoms with Crippen molar-refractivity contribution in [2.75, 3.05) is 20.1 Å². The first-order valence-corrected chi connectivity index (χ1v) is 11.4. The Hall–Kier alpha value is -3.84. The standard InChI is InChI=1S/C27H26FN5O/c1-18-31-25-16-29-11-10-26(25)33(18)13-3-12-32(2)17-27(34)23-15-30-24-14-20(6-9-22(23)24)19-4-7-21(28)8-5-19/h4-11,14-16,30H,3,12-13,17H2,1-2H3. The number of imidazole rings is 1. The second-order valence-electron chi connectivity index (χ2n) is 8.66. The Labute approximate surface area is 197 Å². The maximum Gasteiger partial charge on any atom is 0.178 e. The molecule has 1 N–H and O–H groups in total. The highest BCUT2D eigenvalue weighted by Gasteiger charge is 2.15. The Kier molecular flexibility index (Phi) is 5.94. The van der Waals surface area contributed by atoms with Crippen molar-refractivity contribution in [1.29, 1.82) is 0 Å². The first-order valence-electron chi connectivity index (χ1n) is 11.4. The molecule has 0 fully saturated rings. The van der Waals surface area contributed by atoms with Gasteiger partial charge in [0.15, 0.2) is 5.78 Å². The summed E-state index contributed by atoms with van der Waals surface area (Å²) in [6, 6.07) is 14.3. The predicted molar refractivity (Wildman–Crippen MR) is 132 cm³/mol. The number of likely N-dealkylation sites (N-methyl/N-ethyl adjacent to an activating group) is 1. The molecule has 0 saturated heterocycles. The third-order valence-corrected chi connectivity index (χ3v) is 6.24. The molecule has 5 rings (SSSR count). The van der Waals surface area contributed by atoms with Gasteiger partial charge in [0.1, 0.15) is 17.2 Å². The summed E-state index contributed by atoms with van der Waals surface area (Å²) < 4.78 is 15.4. The zero-order chi connectivity index (χ0) is 23.7. The SMILES string of the molecule is Cc1nc2cnccc2n1CCCN(C)CC(=O)c1c[nH]c2cc(-c3ccc(F)cc3)ccc12. The van der Waals surface area contributed by atoms with Gasteiger partial charge in [0, 0.05) is 41.9 Å². The van der Waals surface area contributed by atoms with E-state index in [0.29, 0.717) is 12.1 Å². The lowest BCUT2D eigenvalue weighted by atomic mass is 10.0. The van der Waals surface area contributed by atoms with Crippen LogP contribution in [0.2, 0.25) is 0 Å². The van der Waals surface area contributed by atoms with E-state index >= 15 is 0 Å². The molecular formula is C27H26FN5O. The number of nitrogens with zero attached hydrogens (tertiary/aromatic N) is 4. The second kappa shape index (κ2) is 9.19. The number of pyridine rings is 1. The van der Waals surface area contributed by atoms with Crippen molar-refractivity contribution in [1.82, 2.24) is 24.4 Å². The topological polar surface area (TPSA) is 66.8 Å². The van der Waals surface area contributed by atoms with Crippen molar-refractivity contribution in [2.24, 2.45) is 0 Å². The average Bonchev–Trinajstić information content (AvgIpc) is 3.40. The molecule has 5 aromatic rings. The molecule has 0 aliphatic heterocycles. The number of aromatic nitrogens is 4. The number of carbonyl (C=O) groups is 1. The van der Waals surface area contributed by atoms with E-state index in [-0.39, 0.29) is 11.6 Å². The lowest BCUT2D eigenvalue weighted by Gasteiger charge is -2.16. The van der Waals surface area contributed by atoms with E-state index in [0.717, 1.165) is 58.4 Å². The zero-order valence-corrected chi connectivity index (χ0v) is 19.3. The Balaban J connectivity index is 1.22. The van der Waals surface area contributed by atoms with Crippen molar-refractivity contribution in [2.45, 2.75) is 19.9 Å². The van der Waals surface area contributed by atoms with Gasteiger partial charge >= 0.3 is 0 Å². The molecule has 0 amide bonds. The van der Waals surface area contributed by atoms with Crippen molar-refractivity contribution in [3.05, 3.63) is 84.3 Å². The summed E-state index contributed by atoms with van der Waals surface area (Å²) in [5, 5.41) is 0.901. The third kappa shape index (κ3) is 4.34. The zero-order valence-electron chi connectivity index (χ0n) is 19.3. The van der Waals surface area contributed by atoms with Crippen LogP contribution in [0.4, 0.5) is 4.39 Å². The van der Waals surface area contributed by atoms with E-state index in [2.05, 4.69) is 24.4 Å². The molecule has 3 heterocycles. The minimum absolute atomic E-state index is 0.0821. The fraction of sp³-hybridized carbons (Fsp3) is 0.222. The van der Waals surface area contributed by atoms with Gasteiger partial charge < -0.3 is 9.55 Å². The first-order chi connectivity index (χ1) is 16.5. The fourth-order valence-corrected chi connectivity index (χ4v) is 4.47. The summed E-state index contributed by atoms with van der Waals surface area (Å²) in [5.41, 5.74) is 5.49. The van der Waals surface area contributed by atoms with Gasteiger partial charge in [0.25, 0.3) is 0 Å². The largest absolute Gasteiger partial charge is 0.360 e. The van der Waals surface area contributed by atoms with Crippen LogP contribution in [0.3, 0.4) is 0 Å². The Morgan fingerprint density at radius 1 is 1.12 bits per heavy atom. The maximum atomic E-state index is 13.2. The number of aryl methyl sites for hydroxylation is 2. The number of Topliss-reactive ketones (excluding diaryl/α,β-unsaturated/α-hetero) is 1. The van der Waals surface area contributed by atoms with E-state index in [1.807, 2.05) is 38.2 Å². The van der Waals surface area contributed by atoms with E-state index in [1.54, 1.807) is 30.7 Å². The maximum absolute atomic E-state index is 13.2. The molecule has 0 spiro atoms. The number of nitrogens with one attached hydrogen (secondary N) is 1. The van der Waals surface area contributed by atoms with Gasteiger partial charge in [-0.3, -0.25) is 14.7 Å². The lowest BCUT2D eigenvalue weighted by molar-refractivity contribution is 0.0947. The number of hydrogen-bond acceptors (Lipinski definition) is 4. The molecule has 172 valence electrons. The summed E-state index contributed by atoms with van der Waals surface area (Å²) >= 11 is 0. The Bertz CT molecular complexity index is 1470. The van der Waals surface area contributed by atoms with Crippen LogP contribution in [0.5, 0.6) is 0 Å². The number of hydrogen-bond donors (Lipinski definition) is 1. The van der Waals surface area contributed by atoms with E-state index < -0.39 is 0 Å². The number of fused-ring (bicyclic) bond motifs is 2. The van der Waals surface area contributed by atoms with Crippen molar-refractivity contribution >= 4 is 27.7 Å². The molecule has 7 heteroatoms. The predicted octanol–water partition coefficient (Wildman–Crippen LogP) is 5.23. The number of aromatic amines is 1. The van der Waals surface area contributed by atoms with Crippen LogP contribution in [0.25, 0.3) is 33.1 Å². The van der Waals surface area contributed by atoms with E-state index in [4.69, 9.17) is 0 Å². The number of benzene rings is 2. The molecule has 0 aliphatic rings.